The van der Waals surface area contributed by atoms with E-state index in [2.05, 4.69) is 23.8 Å². The quantitative estimate of drug-likeness (QED) is 0.101. The molecule has 2 aromatic carbocycles. The van der Waals surface area contributed by atoms with Crippen LogP contribution >= 0.6 is 0 Å². The van der Waals surface area contributed by atoms with E-state index in [1.807, 2.05) is 18.5 Å². The highest BCUT2D eigenvalue weighted by atomic mass is 19.1. The molecule has 3 rings (SSSR count). The van der Waals surface area contributed by atoms with Gasteiger partial charge in [-0.1, -0.05) is 96.3 Å². The Hall–Kier alpha value is -3.08. The number of carbonyl (C=O) groups excluding carboxylic acids is 1. The first-order chi connectivity index (χ1) is 18.6. The molecule has 0 bridgehead atoms. The molecule has 0 N–H and O–H groups in total. The second-order valence-electron chi connectivity index (χ2n) is 10.2. The SMILES string of the molecule is CCCCCCCCCc1cnc(-c2ccc(C(=O)Oc3ccc(CCCCCCC)cc3F)cc2)nc1. The fraction of sp³-hybridized carbons (Fsp3) is 0.485. The zero-order chi connectivity index (χ0) is 27.0. The lowest BCUT2D eigenvalue weighted by Crippen LogP contribution is -2.09. The van der Waals surface area contributed by atoms with Crippen LogP contribution in [-0.4, -0.2) is 15.9 Å². The monoisotopic (exact) mass is 518 g/mol. The number of hydrogen-bond acceptors (Lipinski definition) is 4. The Kier molecular flexibility index (Phi) is 13.0. The van der Waals surface area contributed by atoms with Gasteiger partial charge in [-0.3, -0.25) is 0 Å². The third-order valence-electron chi connectivity index (χ3n) is 6.92. The number of unbranched alkanes of at least 4 members (excludes halogenated alkanes) is 10. The normalized spacial score (nSPS) is 11.0. The van der Waals surface area contributed by atoms with E-state index in [-0.39, 0.29) is 5.75 Å². The van der Waals surface area contributed by atoms with Crippen molar-refractivity contribution in [1.29, 1.82) is 0 Å². The molecule has 0 amide bonds. The maximum absolute atomic E-state index is 14.5. The number of nitrogens with zero attached hydrogens (tertiary/aromatic N) is 2. The van der Waals surface area contributed by atoms with Gasteiger partial charge < -0.3 is 4.74 Å². The highest BCUT2D eigenvalue weighted by Crippen LogP contribution is 2.22. The highest BCUT2D eigenvalue weighted by molar-refractivity contribution is 5.91. The van der Waals surface area contributed by atoms with Crippen molar-refractivity contribution in [2.45, 2.75) is 104 Å². The van der Waals surface area contributed by atoms with Crippen molar-refractivity contribution in [3.05, 3.63) is 77.4 Å². The zero-order valence-electron chi connectivity index (χ0n) is 23.2. The Morgan fingerprint density at radius 3 is 1.84 bits per heavy atom. The summed E-state index contributed by atoms with van der Waals surface area (Å²) in [5, 5.41) is 0. The van der Waals surface area contributed by atoms with E-state index in [0.29, 0.717) is 11.4 Å². The van der Waals surface area contributed by atoms with Crippen LogP contribution in [0.4, 0.5) is 4.39 Å². The van der Waals surface area contributed by atoms with Crippen LogP contribution in [0, 0.1) is 5.82 Å². The second kappa shape index (κ2) is 16.7. The van der Waals surface area contributed by atoms with Gasteiger partial charge in [0.15, 0.2) is 17.4 Å². The molecule has 204 valence electrons. The number of rotatable bonds is 17. The van der Waals surface area contributed by atoms with Crippen molar-refractivity contribution in [2.24, 2.45) is 0 Å². The van der Waals surface area contributed by atoms with Gasteiger partial charge in [0, 0.05) is 18.0 Å². The van der Waals surface area contributed by atoms with E-state index in [0.717, 1.165) is 48.8 Å². The van der Waals surface area contributed by atoms with Crippen LogP contribution in [0.5, 0.6) is 5.75 Å². The Bertz CT molecular complexity index is 1100. The first-order valence-corrected chi connectivity index (χ1v) is 14.5. The van der Waals surface area contributed by atoms with Crippen molar-refractivity contribution in [3.63, 3.8) is 0 Å². The summed E-state index contributed by atoms with van der Waals surface area (Å²) in [7, 11) is 0. The summed E-state index contributed by atoms with van der Waals surface area (Å²) in [6, 6.07) is 11.8. The van der Waals surface area contributed by atoms with Gasteiger partial charge in [0.2, 0.25) is 0 Å². The van der Waals surface area contributed by atoms with E-state index in [1.54, 1.807) is 30.3 Å². The highest BCUT2D eigenvalue weighted by Gasteiger charge is 2.13. The number of benzene rings is 2. The molecule has 0 aliphatic carbocycles. The molecule has 0 unspecified atom stereocenters. The maximum atomic E-state index is 14.5. The summed E-state index contributed by atoms with van der Waals surface area (Å²) in [5.41, 5.74) is 3.24. The molecule has 4 nitrogen and oxygen atoms in total. The molecule has 0 radical (unpaired) electrons. The third-order valence-corrected chi connectivity index (χ3v) is 6.92. The maximum Gasteiger partial charge on any atom is 0.343 e. The van der Waals surface area contributed by atoms with Gasteiger partial charge in [0.1, 0.15) is 0 Å². The molecule has 0 fully saturated rings. The minimum absolute atomic E-state index is 0.0475. The Labute approximate surface area is 228 Å². The predicted octanol–water partition coefficient (Wildman–Crippen LogP) is 9.31. The predicted molar refractivity (Wildman–Crippen MR) is 153 cm³/mol. The van der Waals surface area contributed by atoms with Crippen molar-refractivity contribution in [2.75, 3.05) is 0 Å². The fourth-order valence-electron chi connectivity index (χ4n) is 4.55. The van der Waals surface area contributed by atoms with Gasteiger partial charge in [-0.15, -0.1) is 0 Å². The zero-order valence-corrected chi connectivity index (χ0v) is 23.2. The van der Waals surface area contributed by atoms with Gasteiger partial charge in [-0.2, -0.15) is 0 Å². The molecule has 3 aromatic rings. The van der Waals surface area contributed by atoms with Gasteiger partial charge in [-0.25, -0.2) is 19.2 Å². The van der Waals surface area contributed by atoms with Gasteiger partial charge in [-0.05, 0) is 61.1 Å². The van der Waals surface area contributed by atoms with Crippen LogP contribution in [0.1, 0.15) is 112 Å². The fourth-order valence-corrected chi connectivity index (χ4v) is 4.55. The van der Waals surface area contributed by atoms with Crippen molar-refractivity contribution >= 4 is 5.97 Å². The van der Waals surface area contributed by atoms with E-state index in [4.69, 9.17) is 4.74 Å². The van der Waals surface area contributed by atoms with Crippen molar-refractivity contribution in [3.8, 4) is 17.1 Å². The van der Waals surface area contributed by atoms with Crippen LogP contribution in [0.2, 0.25) is 0 Å². The van der Waals surface area contributed by atoms with Crippen molar-refractivity contribution < 1.29 is 13.9 Å². The summed E-state index contributed by atoms with van der Waals surface area (Å²) < 4.78 is 19.9. The molecule has 0 atom stereocenters. The van der Waals surface area contributed by atoms with Crippen LogP contribution in [0.3, 0.4) is 0 Å². The van der Waals surface area contributed by atoms with E-state index < -0.39 is 11.8 Å². The molecule has 38 heavy (non-hydrogen) atoms. The van der Waals surface area contributed by atoms with Crippen LogP contribution in [-0.2, 0) is 12.8 Å². The molecule has 0 aliphatic heterocycles. The Morgan fingerprint density at radius 1 is 0.711 bits per heavy atom. The molecule has 0 aliphatic rings. The molecular weight excluding hydrogens is 475 g/mol. The van der Waals surface area contributed by atoms with E-state index in [1.165, 1.54) is 63.9 Å². The standard InChI is InChI=1S/C33H43FN2O2/c1-3-5-7-9-10-12-14-16-27-24-35-32(36-25-27)28-18-20-29(21-19-28)33(37)38-31-22-17-26(23-30(31)34)15-13-11-8-6-4-2/h17-25H,3-16H2,1-2H3. The average molecular weight is 519 g/mol. The first-order valence-electron chi connectivity index (χ1n) is 14.5. The number of carbonyl (C=O) groups is 1. The molecule has 0 spiro atoms. The van der Waals surface area contributed by atoms with Gasteiger partial charge in [0.05, 0.1) is 5.56 Å². The number of aromatic nitrogens is 2. The Morgan fingerprint density at radius 2 is 1.26 bits per heavy atom. The second-order valence-corrected chi connectivity index (χ2v) is 10.2. The van der Waals surface area contributed by atoms with E-state index >= 15 is 0 Å². The van der Waals surface area contributed by atoms with E-state index in [9.17, 15) is 9.18 Å². The molecular formula is C33H43FN2O2. The van der Waals surface area contributed by atoms with Crippen LogP contribution < -0.4 is 4.74 Å². The summed E-state index contributed by atoms with van der Waals surface area (Å²) >= 11 is 0. The first kappa shape index (κ1) is 29.5. The molecule has 5 heteroatoms. The minimum Gasteiger partial charge on any atom is -0.420 e. The number of aryl methyl sites for hydroxylation is 2. The van der Waals surface area contributed by atoms with Crippen LogP contribution in [0.25, 0.3) is 11.4 Å². The lowest BCUT2D eigenvalue weighted by atomic mass is 10.1. The molecule has 0 saturated heterocycles. The minimum atomic E-state index is -0.589. The van der Waals surface area contributed by atoms with Gasteiger partial charge in [0.25, 0.3) is 0 Å². The van der Waals surface area contributed by atoms with Crippen LogP contribution in [0.15, 0.2) is 54.9 Å². The average Bonchev–Trinajstić information content (AvgIpc) is 2.94. The van der Waals surface area contributed by atoms with Gasteiger partial charge >= 0.3 is 5.97 Å². The lowest BCUT2D eigenvalue weighted by Gasteiger charge is -2.08. The van der Waals surface area contributed by atoms with Crippen molar-refractivity contribution in [1.82, 2.24) is 9.97 Å². The molecule has 0 saturated carbocycles. The third kappa shape index (κ3) is 10.00. The summed E-state index contributed by atoms with van der Waals surface area (Å²) in [5.74, 6) is -0.530. The number of esters is 1. The number of hydrogen-bond donors (Lipinski definition) is 0. The summed E-state index contributed by atoms with van der Waals surface area (Å²) in [6.45, 7) is 4.43. The smallest absolute Gasteiger partial charge is 0.343 e. The topological polar surface area (TPSA) is 52.1 Å². The number of halogens is 1. The summed E-state index contributed by atoms with van der Waals surface area (Å²) in [6.07, 6.45) is 20.4. The molecule has 1 aromatic heterocycles. The summed E-state index contributed by atoms with van der Waals surface area (Å²) in [4.78, 5) is 21.6. The molecule has 1 heterocycles. The lowest BCUT2D eigenvalue weighted by molar-refractivity contribution is 0.0728. The largest absolute Gasteiger partial charge is 0.420 e. The Balaban J connectivity index is 1.47. The number of ether oxygens (including phenoxy) is 1.